The van der Waals surface area contributed by atoms with Crippen molar-refractivity contribution in [2.24, 2.45) is 16.5 Å². The Morgan fingerprint density at radius 1 is 1.21 bits per heavy atom. The van der Waals surface area contributed by atoms with Crippen LogP contribution in [0.3, 0.4) is 0 Å². The molecule has 1 aliphatic heterocycles. The fourth-order valence-corrected chi connectivity index (χ4v) is 4.03. The summed E-state index contributed by atoms with van der Waals surface area (Å²) in [6.07, 6.45) is 6.25. The average molecular weight is 443 g/mol. The number of nitrogens with two attached hydrogens (primary N) is 2. The van der Waals surface area contributed by atoms with Crippen LogP contribution in [0.1, 0.15) is 46.1 Å². The van der Waals surface area contributed by atoms with E-state index < -0.39 is 0 Å². The molecule has 0 spiro atoms. The molecule has 168 valence electrons. The first kappa shape index (κ1) is 20.8. The Bertz CT molecular complexity index is 1300. The largest absolute Gasteiger partial charge is 0.493 e. The Morgan fingerprint density at radius 3 is 2.79 bits per heavy atom. The van der Waals surface area contributed by atoms with Crippen LogP contribution in [-0.4, -0.2) is 34.5 Å². The molecule has 2 heterocycles. The lowest BCUT2D eigenvalue weighted by Gasteiger charge is -2.24. The number of allylic oxidation sites excluding steroid dienone is 2. The van der Waals surface area contributed by atoms with Crippen LogP contribution in [0.5, 0.6) is 5.75 Å². The fraction of sp³-hybridized carbons (Fsp3) is 0.240. The maximum atomic E-state index is 12.4. The van der Waals surface area contributed by atoms with Crippen molar-refractivity contribution in [3.05, 3.63) is 77.6 Å². The first-order valence-electron chi connectivity index (χ1n) is 11.0. The van der Waals surface area contributed by atoms with Crippen LogP contribution in [0.2, 0.25) is 0 Å². The van der Waals surface area contributed by atoms with Gasteiger partial charge in [0.05, 0.1) is 29.3 Å². The number of guanidine groups is 1. The quantitative estimate of drug-likeness (QED) is 0.265. The zero-order valence-electron chi connectivity index (χ0n) is 18.2. The van der Waals surface area contributed by atoms with Crippen molar-refractivity contribution in [3.63, 3.8) is 0 Å². The maximum Gasteiger partial charge on any atom is 0.251 e. The smallest absolute Gasteiger partial charge is 0.251 e. The van der Waals surface area contributed by atoms with Crippen molar-refractivity contribution in [2.45, 2.75) is 31.2 Å². The molecule has 1 aliphatic carbocycles. The van der Waals surface area contributed by atoms with Gasteiger partial charge in [-0.15, -0.1) is 0 Å². The lowest BCUT2D eigenvalue weighted by atomic mass is 9.94. The topological polar surface area (TPSA) is 131 Å². The van der Waals surface area contributed by atoms with Crippen molar-refractivity contribution >= 4 is 28.6 Å². The number of hydrogen-bond acceptors (Lipinski definition) is 4. The third-order valence-corrected chi connectivity index (χ3v) is 5.85. The molecule has 1 unspecified atom stereocenters. The van der Waals surface area contributed by atoms with E-state index in [0.717, 1.165) is 53.0 Å². The minimum atomic E-state index is -0.0251. The highest BCUT2D eigenvalue weighted by molar-refractivity contribution is 5.95. The Balaban J connectivity index is 1.40. The number of amides is 1. The second-order valence-corrected chi connectivity index (χ2v) is 8.46. The Labute approximate surface area is 191 Å². The van der Waals surface area contributed by atoms with Gasteiger partial charge in [-0.25, -0.2) is 9.98 Å². The molecule has 33 heavy (non-hydrogen) atoms. The summed E-state index contributed by atoms with van der Waals surface area (Å²) in [5.41, 5.74) is 16.0. The molecule has 1 amide bonds. The molecule has 6 N–H and O–H groups in total. The van der Waals surface area contributed by atoms with E-state index in [4.69, 9.17) is 21.2 Å². The van der Waals surface area contributed by atoms with Crippen LogP contribution < -0.4 is 21.5 Å². The van der Waals surface area contributed by atoms with Gasteiger partial charge in [-0.1, -0.05) is 18.7 Å². The predicted octanol–water partition coefficient (Wildman–Crippen LogP) is 2.97. The summed E-state index contributed by atoms with van der Waals surface area (Å²) in [6.45, 7) is 4.24. The van der Waals surface area contributed by atoms with Gasteiger partial charge in [0.25, 0.3) is 5.91 Å². The molecule has 8 nitrogen and oxygen atoms in total. The van der Waals surface area contributed by atoms with E-state index in [9.17, 15) is 4.79 Å². The van der Waals surface area contributed by atoms with Gasteiger partial charge in [0.2, 0.25) is 0 Å². The summed E-state index contributed by atoms with van der Waals surface area (Å²) in [5, 5.41) is 3.04. The van der Waals surface area contributed by atoms with Gasteiger partial charge in [-0.2, -0.15) is 0 Å². The van der Waals surface area contributed by atoms with Gasteiger partial charge in [0.1, 0.15) is 11.6 Å². The molecule has 8 heteroatoms. The number of H-pyrrole nitrogens is 1. The van der Waals surface area contributed by atoms with Crippen LogP contribution in [0, 0.1) is 0 Å². The van der Waals surface area contributed by atoms with Crippen LogP contribution >= 0.6 is 0 Å². The van der Waals surface area contributed by atoms with E-state index in [0.29, 0.717) is 23.9 Å². The molecule has 5 rings (SSSR count). The summed E-state index contributed by atoms with van der Waals surface area (Å²) in [6, 6.07) is 11.8. The highest BCUT2D eigenvalue weighted by Crippen LogP contribution is 2.33. The van der Waals surface area contributed by atoms with Gasteiger partial charge in [0.15, 0.2) is 5.96 Å². The summed E-state index contributed by atoms with van der Waals surface area (Å²) < 4.78 is 5.99. The lowest BCUT2D eigenvalue weighted by molar-refractivity contribution is 0.0951. The van der Waals surface area contributed by atoms with Crippen LogP contribution in [0.4, 0.5) is 0 Å². The predicted molar refractivity (Wildman–Crippen MR) is 129 cm³/mol. The molecule has 1 saturated carbocycles. The second-order valence-electron chi connectivity index (χ2n) is 8.46. The lowest BCUT2D eigenvalue weighted by Crippen LogP contribution is -2.26. The first-order chi connectivity index (χ1) is 16.0. The number of benzene rings is 2. The first-order valence-corrected chi connectivity index (χ1v) is 11.0. The number of nitrogens with zero attached hydrogens (tertiary/aromatic N) is 2. The van der Waals surface area contributed by atoms with Crippen LogP contribution in [0.25, 0.3) is 16.7 Å². The Kier molecular flexibility index (Phi) is 5.34. The molecule has 3 aromatic rings. The summed E-state index contributed by atoms with van der Waals surface area (Å²) in [4.78, 5) is 24.9. The van der Waals surface area contributed by atoms with Crippen molar-refractivity contribution in [1.29, 1.82) is 0 Å². The number of fused-ring (bicyclic) bond motifs is 2. The summed E-state index contributed by atoms with van der Waals surface area (Å²) in [5.74, 6) is 1.67. The fourth-order valence-electron chi connectivity index (χ4n) is 4.03. The number of aliphatic imine (C=N–C) groups is 1. The number of ether oxygens (including phenoxy) is 1. The molecule has 1 atom stereocenters. The van der Waals surface area contributed by atoms with E-state index in [1.54, 1.807) is 12.2 Å². The molecule has 0 saturated heterocycles. The van der Waals surface area contributed by atoms with Crippen LogP contribution in [-0.2, 0) is 6.42 Å². The monoisotopic (exact) mass is 442 g/mol. The van der Waals surface area contributed by atoms with Gasteiger partial charge in [0, 0.05) is 17.2 Å². The van der Waals surface area contributed by atoms with Crippen molar-refractivity contribution < 1.29 is 9.53 Å². The van der Waals surface area contributed by atoms with E-state index >= 15 is 0 Å². The normalized spacial score (nSPS) is 17.7. The van der Waals surface area contributed by atoms with E-state index in [1.807, 2.05) is 36.4 Å². The van der Waals surface area contributed by atoms with Gasteiger partial charge < -0.3 is 26.5 Å². The minimum absolute atomic E-state index is 0.0193. The molecule has 0 bridgehead atoms. The molecule has 1 fully saturated rings. The maximum absolute atomic E-state index is 12.4. The van der Waals surface area contributed by atoms with Gasteiger partial charge in [-0.05, 0) is 61.2 Å². The highest BCUT2D eigenvalue weighted by atomic mass is 16.5. The molecule has 1 aromatic heterocycles. The molecule has 0 radical (unpaired) electrons. The van der Waals surface area contributed by atoms with E-state index in [-0.39, 0.29) is 17.8 Å². The molecular formula is C25H26N6O2. The number of carbonyl (C=O) groups excluding carboxylic acids is 1. The second kappa shape index (κ2) is 8.46. The SMILES string of the molecule is C=C/C=C(\N=C(N)N)c1ccc2[nH]c(C3COc4ccc(C(=O)NC5CC5)cc4C3)nc2c1. The number of rotatable bonds is 6. The van der Waals surface area contributed by atoms with E-state index in [1.165, 1.54) is 0 Å². The zero-order valence-corrected chi connectivity index (χ0v) is 18.2. The number of imidazole rings is 1. The molecular weight excluding hydrogens is 416 g/mol. The number of nitrogens with one attached hydrogen (secondary N) is 2. The Morgan fingerprint density at radius 2 is 2.03 bits per heavy atom. The average Bonchev–Trinajstić information content (AvgIpc) is 3.51. The van der Waals surface area contributed by atoms with Crippen molar-refractivity contribution in [3.8, 4) is 5.75 Å². The van der Waals surface area contributed by atoms with Gasteiger partial charge in [-0.3, -0.25) is 4.79 Å². The van der Waals surface area contributed by atoms with Crippen molar-refractivity contribution in [1.82, 2.24) is 15.3 Å². The minimum Gasteiger partial charge on any atom is -0.493 e. The number of aromatic nitrogens is 2. The number of hydrogen-bond donors (Lipinski definition) is 4. The standard InChI is InChI=1S/C25H26N6O2/c1-2-3-19(31-25(26)27)14-4-8-20-21(12-14)30-23(29-20)17-11-16-10-15(5-9-22(16)33-13-17)24(32)28-18-6-7-18/h2-5,8-10,12,17-18H,1,6-7,11,13H2,(H,28,32)(H,29,30)(H4,26,27,31)/b19-3-. The van der Waals surface area contributed by atoms with E-state index in [2.05, 4.69) is 21.9 Å². The zero-order chi connectivity index (χ0) is 22.9. The Hall–Kier alpha value is -4.07. The number of aromatic amines is 1. The summed E-state index contributed by atoms with van der Waals surface area (Å²) in [7, 11) is 0. The van der Waals surface area contributed by atoms with Crippen molar-refractivity contribution in [2.75, 3.05) is 6.61 Å². The summed E-state index contributed by atoms with van der Waals surface area (Å²) >= 11 is 0. The van der Waals surface area contributed by atoms with Crippen LogP contribution in [0.15, 0.2) is 60.1 Å². The highest BCUT2D eigenvalue weighted by Gasteiger charge is 2.27. The number of carbonyl (C=O) groups is 1. The third-order valence-electron chi connectivity index (χ3n) is 5.85. The molecule has 2 aliphatic rings. The molecule has 2 aromatic carbocycles. The third kappa shape index (κ3) is 4.45. The van der Waals surface area contributed by atoms with Gasteiger partial charge >= 0.3 is 0 Å².